The largest absolute Gasteiger partial charge is 0.465 e. The lowest BCUT2D eigenvalue weighted by Gasteiger charge is -2.47. The van der Waals surface area contributed by atoms with Gasteiger partial charge in [-0.1, -0.05) is 29.4 Å². The zero-order chi connectivity index (χ0) is 21.0. The Morgan fingerprint density at radius 1 is 1.14 bits per heavy atom. The number of amides is 1. The van der Waals surface area contributed by atoms with Gasteiger partial charge in [0.25, 0.3) is 0 Å². The second kappa shape index (κ2) is 8.89. The maximum Gasteiger partial charge on any atom is 0.407 e. The SMILES string of the molecule is C[C@H]1CN(C(c2ccc(F)cc2)c2ccc(F)cc2)[C@H](CN=[N+]=[N-])CN1C(=O)O. The van der Waals surface area contributed by atoms with E-state index in [0.29, 0.717) is 6.54 Å². The Balaban J connectivity index is 2.05. The van der Waals surface area contributed by atoms with E-state index in [0.717, 1.165) is 11.1 Å². The van der Waals surface area contributed by atoms with Crippen molar-refractivity contribution in [2.75, 3.05) is 19.6 Å². The number of halogens is 2. The molecule has 1 amide bonds. The zero-order valence-electron chi connectivity index (χ0n) is 15.8. The van der Waals surface area contributed by atoms with E-state index in [2.05, 4.69) is 10.0 Å². The van der Waals surface area contributed by atoms with Crippen molar-refractivity contribution in [3.8, 4) is 0 Å². The number of benzene rings is 2. The maximum absolute atomic E-state index is 13.5. The van der Waals surface area contributed by atoms with Crippen LogP contribution in [0.5, 0.6) is 0 Å². The topological polar surface area (TPSA) is 92.5 Å². The van der Waals surface area contributed by atoms with Crippen LogP contribution >= 0.6 is 0 Å². The summed E-state index contributed by atoms with van der Waals surface area (Å²) in [6, 6.07) is 11.0. The number of azide groups is 1. The second-order valence-electron chi connectivity index (χ2n) is 7.05. The molecule has 3 rings (SSSR count). The summed E-state index contributed by atoms with van der Waals surface area (Å²) in [6.45, 7) is 2.41. The fraction of sp³-hybridized carbons (Fsp3) is 0.350. The monoisotopic (exact) mass is 401 g/mol. The third-order valence-corrected chi connectivity index (χ3v) is 5.19. The first kappa shape index (κ1) is 20.6. The molecule has 0 radical (unpaired) electrons. The Morgan fingerprint density at radius 2 is 1.66 bits per heavy atom. The average Bonchev–Trinajstić information content (AvgIpc) is 2.70. The van der Waals surface area contributed by atoms with Gasteiger partial charge in [0.1, 0.15) is 11.6 Å². The standard InChI is InChI=1S/C20H21F2N5O2/c1-13-11-27(18(10-24-25-23)12-26(13)20(28)29)19(14-2-6-16(21)7-3-14)15-4-8-17(22)9-5-15/h2-9,13,18-19H,10-12H2,1H3,(H,28,29)/t13-,18+/m0/s1. The Bertz CT molecular complexity index is 855. The molecule has 152 valence electrons. The molecule has 1 heterocycles. The summed E-state index contributed by atoms with van der Waals surface area (Å²) in [4.78, 5) is 17.8. The number of nitrogens with zero attached hydrogens (tertiary/aromatic N) is 5. The molecule has 9 heteroatoms. The van der Waals surface area contributed by atoms with Crippen LogP contribution < -0.4 is 0 Å². The second-order valence-corrected chi connectivity index (χ2v) is 7.05. The quantitative estimate of drug-likeness (QED) is 0.457. The number of carbonyl (C=O) groups is 1. The molecule has 29 heavy (non-hydrogen) atoms. The van der Waals surface area contributed by atoms with Gasteiger partial charge in [0.2, 0.25) is 0 Å². The highest BCUT2D eigenvalue weighted by Crippen LogP contribution is 2.33. The normalized spacial score (nSPS) is 19.8. The smallest absolute Gasteiger partial charge is 0.407 e. The van der Waals surface area contributed by atoms with E-state index in [9.17, 15) is 18.7 Å². The molecule has 1 aliphatic rings. The summed E-state index contributed by atoms with van der Waals surface area (Å²) in [5.41, 5.74) is 10.3. The first-order chi connectivity index (χ1) is 13.9. The van der Waals surface area contributed by atoms with Crippen molar-refractivity contribution < 1.29 is 18.7 Å². The van der Waals surface area contributed by atoms with E-state index in [1.54, 1.807) is 31.2 Å². The summed E-state index contributed by atoms with van der Waals surface area (Å²) < 4.78 is 27.0. The minimum atomic E-state index is -1.04. The van der Waals surface area contributed by atoms with Crippen molar-refractivity contribution in [1.29, 1.82) is 0 Å². The van der Waals surface area contributed by atoms with Gasteiger partial charge >= 0.3 is 6.09 Å². The molecule has 1 fully saturated rings. The van der Waals surface area contributed by atoms with E-state index >= 15 is 0 Å². The lowest BCUT2D eigenvalue weighted by Crippen LogP contribution is -2.60. The molecule has 7 nitrogen and oxygen atoms in total. The van der Waals surface area contributed by atoms with Gasteiger partial charge < -0.3 is 10.0 Å². The predicted octanol–water partition coefficient (Wildman–Crippen LogP) is 4.42. The van der Waals surface area contributed by atoms with Crippen molar-refractivity contribution in [3.63, 3.8) is 0 Å². The number of rotatable bonds is 5. The predicted molar refractivity (Wildman–Crippen MR) is 103 cm³/mol. The fourth-order valence-electron chi connectivity index (χ4n) is 3.81. The first-order valence-electron chi connectivity index (χ1n) is 9.17. The minimum Gasteiger partial charge on any atom is -0.465 e. The van der Waals surface area contributed by atoms with Crippen molar-refractivity contribution in [1.82, 2.24) is 9.80 Å². The number of hydrogen-bond donors (Lipinski definition) is 1. The van der Waals surface area contributed by atoms with Gasteiger partial charge in [-0.05, 0) is 47.8 Å². The van der Waals surface area contributed by atoms with Crippen LogP contribution in [0.4, 0.5) is 13.6 Å². The number of hydrogen-bond acceptors (Lipinski definition) is 3. The molecule has 0 unspecified atom stereocenters. The van der Waals surface area contributed by atoms with Crippen molar-refractivity contribution in [2.24, 2.45) is 5.11 Å². The first-order valence-corrected chi connectivity index (χ1v) is 9.17. The van der Waals surface area contributed by atoms with Crippen LogP contribution in [0.15, 0.2) is 53.6 Å². The van der Waals surface area contributed by atoms with Crippen LogP contribution in [0.3, 0.4) is 0 Å². The van der Waals surface area contributed by atoms with E-state index in [1.807, 2.05) is 4.90 Å². The summed E-state index contributed by atoms with van der Waals surface area (Å²) in [5, 5.41) is 13.2. The molecule has 0 aromatic heterocycles. The highest BCUT2D eigenvalue weighted by Gasteiger charge is 2.38. The third-order valence-electron chi connectivity index (χ3n) is 5.19. The Hall–Kier alpha value is -3.16. The molecule has 0 aliphatic carbocycles. The summed E-state index contributed by atoms with van der Waals surface area (Å²) in [7, 11) is 0. The highest BCUT2D eigenvalue weighted by atomic mass is 19.1. The minimum absolute atomic E-state index is 0.0753. The van der Waals surface area contributed by atoms with Crippen LogP contribution in [0, 0.1) is 11.6 Å². The van der Waals surface area contributed by atoms with Gasteiger partial charge in [-0.2, -0.15) is 0 Å². The molecule has 2 aromatic carbocycles. The highest BCUT2D eigenvalue weighted by molar-refractivity contribution is 5.65. The van der Waals surface area contributed by atoms with Gasteiger partial charge in [-0.25, -0.2) is 13.6 Å². The molecule has 2 atom stereocenters. The zero-order valence-corrected chi connectivity index (χ0v) is 15.8. The van der Waals surface area contributed by atoms with E-state index in [-0.39, 0.29) is 36.8 Å². The molecule has 1 aliphatic heterocycles. The van der Waals surface area contributed by atoms with Crippen molar-refractivity contribution in [2.45, 2.75) is 25.0 Å². The molecule has 0 spiro atoms. The van der Waals surface area contributed by atoms with Gasteiger partial charge in [-0.3, -0.25) is 4.90 Å². The van der Waals surface area contributed by atoms with Gasteiger partial charge in [0.15, 0.2) is 0 Å². The van der Waals surface area contributed by atoms with E-state index in [4.69, 9.17) is 5.53 Å². The van der Waals surface area contributed by atoms with Crippen LogP contribution in [0.2, 0.25) is 0 Å². The summed E-state index contributed by atoms with van der Waals surface area (Å²) in [6.07, 6.45) is -1.04. The Morgan fingerprint density at radius 3 is 2.10 bits per heavy atom. The van der Waals surface area contributed by atoms with E-state index < -0.39 is 12.1 Å². The number of piperazine rings is 1. The molecular formula is C20H21F2N5O2. The Kier molecular flexibility index (Phi) is 6.31. The molecule has 0 saturated carbocycles. The molecular weight excluding hydrogens is 380 g/mol. The van der Waals surface area contributed by atoms with Crippen LogP contribution in [0.1, 0.15) is 24.1 Å². The molecule has 2 aromatic rings. The van der Waals surface area contributed by atoms with Gasteiger partial charge in [0.05, 0.1) is 6.04 Å². The summed E-state index contributed by atoms with van der Waals surface area (Å²) in [5.74, 6) is -0.748. The van der Waals surface area contributed by atoms with E-state index in [1.165, 1.54) is 29.2 Å². The lowest BCUT2D eigenvalue weighted by atomic mass is 9.93. The maximum atomic E-state index is 13.5. The van der Waals surface area contributed by atoms with Crippen molar-refractivity contribution in [3.05, 3.63) is 81.7 Å². The third kappa shape index (κ3) is 4.64. The fourth-order valence-corrected chi connectivity index (χ4v) is 3.81. The van der Waals surface area contributed by atoms with Crippen LogP contribution in [-0.2, 0) is 0 Å². The van der Waals surface area contributed by atoms with Crippen LogP contribution in [-0.4, -0.2) is 52.7 Å². The molecule has 0 bridgehead atoms. The lowest BCUT2D eigenvalue weighted by molar-refractivity contribution is 0.0245. The average molecular weight is 401 g/mol. The molecule has 1 saturated heterocycles. The van der Waals surface area contributed by atoms with Crippen molar-refractivity contribution >= 4 is 6.09 Å². The van der Waals surface area contributed by atoms with Gasteiger partial charge in [0, 0.05) is 36.6 Å². The van der Waals surface area contributed by atoms with Gasteiger partial charge in [-0.15, -0.1) is 0 Å². The van der Waals surface area contributed by atoms with Crippen LogP contribution in [0.25, 0.3) is 10.4 Å². The summed E-state index contributed by atoms with van der Waals surface area (Å²) >= 11 is 0. The Labute approximate surface area is 166 Å². The molecule has 1 N–H and O–H groups in total. The number of carboxylic acid groups (broad SMARTS) is 1.